The number of rotatable bonds is 6. The van der Waals surface area contributed by atoms with Crippen molar-refractivity contribution in [2.24, 2.45) is 0 Å². The van der Waals surface area contributed by atoms with Crippen LogP contribution in [0.3, 0.4) is 0 Å². The fourth-order valence-electron chi connectivity index (χ4n) is 2.81. The Morgan fingerprint density at radius 2 is 2.00 bits per heavy atom. The first kappa shape index (κ1) is 15.8. The minimum absolute atomic E-state index is 0.628. The number of benzene rings is 1. The minimum atomic E-state index is 0.628. The molecule has 5 nitrogen and oxygen atoms in total. The second kappa shape index (κ2) is 7.03. The summed E-state index contributed by atoms with van der Waals surface area (Å²) in [5, 5.41) is 4.51. The van der Waals surface area contributed by atoms with Gasteiger partial charge in [-0.25, -0.2) is 15.0 Å². The van der Waals surface area contributed by atoms with Crippen molar-refractivity contribution >= 4 is 27.4 Å². The van der Waals surface area contributed by atoms with Crippen LogP contribution in [-0.4, -0.2) is 19.5 Å². The lowest BCUT2D eigenvalue weighted by atomic mass is 10.2. The molecule has 0 saturated carbocycles. The van der Waals surface area contributed by atoms with Gasteiger partial charge >= 0.3 is 0 Å². The number of aromatic nitrogens is 4. The van der Waals surface area contributed by atoms with Gasteiger partial charge in [0.15, 0.2) is 0 Å². The molecule has 0 spiro atoms. The Morgan fingerprint density at radius 3 is 2.84 bits per heavy atom. The molecule has 3 heterocycles. The summed E-state index contributed by atoms with van der Waals surface area (Å²) in [6.07, 6.45) is 6.49. The largest absolute Gasteiger partial charge is 0.362 e. The molecular weight excluding hydrogens is 330 g/mol. The van der Waals surface area contributed by atoms with Crippen LogP contribution in [0.2, 0.25) is 0 Å². The summed E-state index contributed by atoms with van der Waals surface area (Å²) < 4.78 is 2.16. The van der Waals surface area contributed by atoms with Gasteiger partial charge in [-0.15, -0.1) is 11.3 Å². The Labute approximate surface area is 150 Å². The van der Waals surface area contributed by atoms with E-state index in [2.05, 4.69) is 62.1 Å². The molecule has 0 bridgehead atoms. The van der Waals surface area contributed by atoms with E-state index in [4.69, 9.17) is 0 Å². The number of nitrogens with one attached hydrogen (secondary N) is 1. The number of hydrogen-bond donors (Lipinski definition) is 1. The van der Waals surface area contributed by atoms with Gasteiger partial charge in [-0.3, -0.25) is 0 Å². The van der Waals surface area contributed by atoms with Crippen LogP contribution in [0.25, 0.3) is 10.2 Å². The van der Waals surface area contributed by atoms with Crippen molar-refractivity contribution < 1.29 is 0 Å². The van der Waals surface area contributed by atoms with E-state index < -0.39 is 0 Å². The summed E-state index contributed by atoms with van der Waals surface area (Å²) in [7, 11) is 0. The summed E-state index contributed by atoms with van der Waals surface area (Å²) in [4.78, 5) is 15.6. The molecule has 4 rings (SSSR count). The lowest BCUT2D eigenvalue weighted by Gasteiger charge is -2.10. The van der Waals surface area contributed by atoms with Crippen LogP contribution >= 0.6 is 11.3 Å². The molecule has 0 unspecified atom stereocenters. The first-order valence-corrected chi connectivity index (χ1v) is 9.16. The number of imidazole rings is 1. The van der Waals surface area contributed by atoms with Gasteiger partial charge in [0.2, 0.25) is 0 Å². The quantitative estimate of drug-likeness (QED) is 0.569. The molecule has 25 heavy (non-hydrogen) atoms. The van der Waals surface area contributed by atoms with Gasteiger partial charge in [0.25, 0.3) is 0 Å². The van der Waals surface area contributed by atoms with Gasteiger partial charge in [-0.1, -0.05) is 37.3 Å². The van der Waals surface area contributed by atoms with E-state index in [1.165, 1.54) is 10.4 Å². The van der Waals surface area contributed by atoms with Gasteiger partial charge in [0.05, 0.1) is 11.9 Å². The highest BCUT2D eigenvalue weighted by Gasteiger charge is 2.09. The van der Waals surface area contributed by atoms with E-state index in [9.17, 15) is 0 Å². The summed E-state index contributed by atoms with van der Waals surface area (Å²) in [6.45, 7) is 3.60. The van der Waals surface area contributed by atoms with Crippen molar-refractivity contribution in [3.05, 3.63) is 71.4 Å². The number of hydrogen-bond acceptors (Lipinski definition) is 5. The van der Waals surface area contributed by atoms with E-state index >= 15 is 0 Å². The monoisotopic (exact) mass is 349 g/mol. The maximum Gasteiger partial charge on any atom is 0.138 e. The van der Waals surface area contributed by atoms with E-state index in [1.807, 2.05) is 18.5 Å². The van der Waals surface area contributed by atoms with Crippen LogP contribution in [-0.2, 0) is 19.5 Å². The maximum atomic E-state index is 4.49. The Balaban J connectivity index is 1.53. The van der Waals surface area contributed by atoms with E-state index in [-0.39, 0.29) is 0 Å². The molecule has 4 aromatic rings. The van der Waals surface area contributed by atoms with Gasteiger partial charge in [-0.2, -0.15) is 0 Å². The van der Waals surface area contributed by atoms with Crippen LogP contribution in [0.15, 0.2) is 55.1 Å². The van der Waals surface area contributed by atoms with Crippen molar-refractivity contribution in [3.8, 4) is 0 Å². The van der Waals surface area contributed by atoms with Crippen LogP contribution < -0.4 is 5.32 Å². The number of aryl methyl sites for hydroxylation is 1. The normalized spacial score (nSPS) is 11.1. The van der Waals surface area contributed by atoms with Crippen LogP contribution in [0.1, 0.15) is 23.2 Å². The molecule has 1 aromatic carbocycles. The van der Waals surface area contributed by atoms with E-state index in [0.29, 0.717) is 6.54 Å². The average molecular weight is 349 g/mol. The standard InChI is InChI=1S/C19H19N5S/c1-2-15-10-16-18(22-13-23-19(16)25-15)21-11-17-20-8-9-24(17)12-14-6-4-3-5-7-14/h3-10,13H,2,11-12H2,1H3,(H,21,22,23). The lowest BCUT2D eigenvalue weighted by Crippen LogP contribution is -2.10. The van der Waals surface area contributed by atoms with Crippen molar-refractivity contribution in [1.29, 1.82) is 0 Å². The molecule has 0 fully saturated rings. The molecule has 126 valence electrons. The Hall–Kier alpha value is -2.73. The average Bonchev–Trinajstić information content (AvgIpc) is 3.27. The molecule has 0 aliphatic rings. The molecule has 0 amide bonds. The fourth-order valence-corrected chi connectivity index (χ4v) is 3.75. The van der Waals surface area contributed by atoms with Crippen molar-refractivity contribution in [3.63, 3.8) is 0 Å². The zero-order valence-electron chi connectivity index (χ0n) is 14.0. The van der Waals surface area contributed by atoms with Crippen molar-refractivity contribution in [2.75, 3.05) is 5.32 Å². The third-order valence-corrected chi connectivity index (χ3v) is 5.33. The highest BCUT2D eigenvalue weighted by molar-refractivity contribution is 7.18. The third-order valence-electron chi connectivity index (χ3n) is 4.14. The molecule has 1 N–H and O–H groups in total. The number of thiophene rings is 1. The maximum absolute atomic E-state index is 4.49. The van der Waals surface area contributed by atoms with E-state index in [0.717, 1.165) is 34.8 Å². The molecule has 0 aliphatic carbocycles. The van der Waals surface area contributed by atoms with Gasteiger partial charge in [0.1, 0.15) is 22.8 Å². The highest BCUT2D eigenvalue weighted by atomic mass is 32.1. The molecule has 0 saturated heterocycles. The van der Waals surface area contributed by atoms with Crippen molar-refractivity contribution in [1.82, 2.24) is 19.5 Å². The van der Waals surface area contributed by atoms with Crippen LogP contribution in [0.5, 0.6) is 0 Å². The highest BCUT2D eigenvalue weighted by Crippen LogP contribution is 2.28. The Morgan fingerprint density at radius 1 is 1.12 bits per heavy atom. The SMILES string of the molecule is CCc1cc2c(NCc3nccn3Cc3ccccc3)ncnc2s1. The zero-order chi connectivity index (χ0) is 17.1. The summed E-state index contributed by atoms with van der Waals surface area (Å²) in [5.41, 5.74) is 1.26. The van der Waals surface area contributed by atoms with Gasteiger partial charge < -0.3 is 9.88 Å². The van der Waals surface area contributed by atoms with Crippen LogP contribution in [0.4, 0.5) is 5.82 Å². The van der Waals surface area contributed by atoms with E-state index in [1.54, 1.807) is 17.7 Å². The summed E-state index contributed by atoms with van der Waals surface area (Å²) in [5.74, 6) is 1.86. The minimum Gasteiger partial charge on any atom is -0.362 e. The summed E-state index contributed by atoms with van der Waals surface area (Å²) in [6, 6.07) is 12.6. The van der Waals surface area contributed by atoms with Gasteiger partial charge in [0, 0.05) is 23.8 Å². The van der Waals surface area contributed by atoms with Crippen LogP contribution in [0, 0.1) is 0 Å². The topological polar surface area (TPSA) is 55.6 Å². The summed E-state index contributed by atoms with van der Waals surface area (Å²) >= 11 is 1.73. The zero-order valence-corrected chi connectivity index (χ0v) is 14.8. The second-order valence-electron chi connectivity index (χ2n) is 5.82. The smallest absolute Gasteiger partial charge is 0.138 e. The first-order chi connectivity index (χ1) is 12.3. The molecule has 6 heteroatoms. The first-order valence-electron chi connectivity index (χ1n) is 8.34. The second-order valence-corrected chi connectivity index (χ2v) is 6.93. The Kier molecular flexibility index (Phi) is 4.43. The van der Waals surface area contributed by atoms with Gasteiger partial charge in [-0.05, 0) is 18.1 Å². The fraction of sp³-hybridized carbons (Fsp3) is 0.211. The molecule has 3 aromatic heterocycles. The predicted octanol–water partition coefficient (Wildman–Crippen LogP) is 4.11. The Bertz CT molecular complexity index is 974. The number of fused-ring (bicyclic) bond motifs is 1. The molecule has 0 radical (unpaired) electrons. The molecular formula is C19H19N5S. The number of anilines is 1. The number of nitrogens with zero attached hydrogens (tertiary/aromatic N) is 4. The third kappa shape index (κ3) is 3.39. The molecule has 0 aliphatic heterocycles. The predicted molar refractivity (Wildman–Crippen MR) is 102 cm³/mol. The lowest BCUT2D eigenvalue weighted by molar-refractivity contribution is 0.735. The van der Waals surface area contributed by atoms with Crippen molar-refractivity contribution in [2.45, 2.75) is 26.4 Å². The molecule has 0 atom stereocenters.